The first kappa shape index (κ1) is 17.9. The maximum Gasteiger partial charge on any atom is 0.222 e. The SMILES string of the molecule is N#Cc1ccnc(-c2cnc(NCC3(c4ncccc4F)CC(F)C3)nc2)c1. The summed E-state index contributed by atoms with van der Waals surface area (Å²) in [5, 5.41) is 12.0. The van der Waals surface area contributed by atoms with Crippen LogP contribution in [0.4, 0.5) is 14.7 Å². The Morgan fingerprint density at radius 3 is 2.61 bits per heavy atom. The van der Waals surface area contributed by atoms with Crippen LogP contribution in [-0.2, 0) is 5.41 Å². The lowest BCUT2D eigenvalue weighted by Crippen LogP contribution is -2.49. The van der Waals surface area contributed by atoms with Gasteiger partial charge >= 0.3 is 0 Å². The van der Waals surface area contributed by atoms with E-state index in [4.69, 9.17) is 5.26 Å². The van der Waals surface area contributed by atoms with Crippen LogP contribution in [0.15, 0.2) is 49.1 Å². The topological polar surface area (TPSA) is 87.4 Å². The number of hydrogen-bond donors (Lipinski definition) is 1. The van der Waals surface area contributed by atoms with Crippen molar-refractivity contribution in [3.05, 3.63) is 66.1 Å². The molecule has 1 fully saturated rings. The molecule has 6 nitrogen and oxygen atoms in total. The summed E-state index contributed by atoms with van der Waals surface area (Å²) in [5.74, 6) is -0.0888. The summed E-state index contributed by atoms with van der Waals surface area (Å²) in [6.45, 7) is 0.281. The van der Waals surface area contributed by atoms with Gasteiger partial charge in [-0.3, -0.25) is 9.97 Å². The molecule has 140 valence electrons. The van der Waals surface area contributed by atoms with Crippen LogP contribution in [0.1, 0.15) is 24.1 Å². The molecular weight excluding hydrogens is 362 g/mol. The third-order valence-corrected chi connectivity index (χ3v) is 4.91. The second kappa shape index (κ2) is 7.27. The Bertz CT molecular complexity index is 1030. The molecule has 0 unspecified atom stereocenters. The first-order chi connectivity index (χ1) is 13.6. The minimum Gasteiger partial charge on any atom is -0.353 e. The highest BCUT2D eigenvalue weighted by Crippen LogP contribution is 2.45. The Kier molecular flexibility index (Phi) is 4.65. The summed E-state index contributed by atoms with van der Waals surface area (Å²) in [6, 6.07) is 8.19. The van der Waals surface area contributed by atoms with Gasteiger partial charge < -0.3 is 5.32 Å². The number of nitrogens with zero attached hydrogens (tertiary/aromatic N) is 5. The summed E-state index contributed by atoms with van der Waals surface area (Å²) in [4.78, 5) is 16.8. The van der Waals surface area contributed by atoms with E-state index in [1.54, 1.807) is 30.7 Å². The lowest BCUT2D eigenvalue weighted by atomic mass is 9.65. The van der Waals surface area contributed by atoms with Crippen molar-refractivity contribution >= 4 is 5.95 Å². The van der Waals surface area contributed by atoms with Gasteiger partial charge in [-0.2, -0.15) is 5.26 Å². The van der Waals surface area contributed by atoms with Gasteiger partial charge in [0.25, 0.3) is 0 Å². The molecule has 1 N–H and O–H groups in total. The zero-order chi connectivity index (χ0) is 19.6. The van der Waals surface area contributed by atoms with Crippen molar-refractivity contribution in [3.63, 3.8) is 0 Å². The molecule has 1 aliphatic rings. The Morgan fingerprint density at radius 1 is 1.14 bits per heavy atom. The Morgan fingerprint density at radius 2 is 1.93 bits per heavy atom. The van der Waals surface area contributed by atoms with Crippen molar-refractivity contribution in [2.24, 2.45) is 0 Å². The normalized spacial score (nSPS) is 20.8. The van der Waals surface area contributed by atoms with E-state index in [2.05, 4.69) is 31.3 Å². The number of nitrogens with one attached hydrogen (secondary N) is 1. The number of alkyl halides is 1. The smallest absolute Gasteiger partial charge is 0.222 e. The van der Waals surface area contributed by atoms with E-state index in [0.717, 1.165) is 0 Å². The zero-order valence-electron chi connectivity index (χ0n) is 14.8. The number of halogens is 2. The molecule has 8 heteroatoms. The maximum atomic E-state index is 14.2. The molecule has 0 atom stereocenters. The second-order valence-corrected chi connectivity index (χ2v) is 6.81. The fourth-order valence-corrected chi connectivity index (χ4v) is 3.44. The first-order valence-corrected chi connectivity index (χ1v) is 8.77. The summed E-state index contributed by atoms with van der Waals surface area (Å²) >= 11 is 0. The van der Waals surface area contributed by atoms with Crippen molar-refractivity contribution in [1.29, 1.82) is 5.26 Å². The third kappa shape index (κ3) is 3.39. The van der Waals surface area contributed by atoms with Crippen molar-refractivity contribution in [2.75, 3.05) is 11.9 Å². The van der Waals surface area contributed by atoms with E-state index in [-0.39, 0.29) is 25.1 Å². The molecule has 0 aromatic carbocycles. The first-order valence-electron chi connectivity index (χ1n) is 8.77. The highest BCUT2D eigenvalue weighted by Gasteiger charge is 2.48. The molecule has 3 heterocycles. The van der Waals surface area contributed by atoms with Crippen molar-refractivity contribution in [1.82, 2.24) is 19.9 Å². The van der Waals surface area contributed by atoms with Crippen molar-refractivity contribution < 1.29 is 8.78 Å². The molecule has 3 aromatic heterocycles. The monoisotopic (exact) mass is 378 g/mol. The molecule has 0 amide bonds. The minimum absolute atomic E-state index is 0.205. The largest absolute Gasteiger partial charge is 0.353 e. The van der Waals surface area contributed by atoms with Crippen LogP contribution in [0.25, 0.3) is 11.3 Å². The quantitative estimate of drug-likeness (QED) is 0.732. The lowest BCUT2D eigenvalue weighted by Gasteiger charge is -2.43. The highest BCUT2D eigenvalue weighted by molar-refractivity contribution is 5.59. The molecule has 0 bridgehead atoms. The van der Waals surface area contributed by atoms with Gasteiger partial charge in [-0.15, -0.1) is 0 Å². The van der Waals surface area contributed by atoms with Crippen LogP contribution in [0.5, 0.6) is 0 Å². The Balaban J connectivity index is 1.50. The van der Waals surface area contributed by atoms with Crippen LogP contribution >= 0.6 is 0 Å². The average molecular weight is 378 g/mol. The molecule has 0 spiro atoms. The zero-order valence-corrected chi connectivity index (χ0v) is 14.8. The fourth-order valence-electron chi connectivity index (χ4n) is 3.44. The minimum atomic E-state index is -0.968. The summed E-state index contributed by atoms with van der Waals surface area (Å²) < 4.78 is 27.8. The van der Waals surface area contributed by atoms with Crippen LogP contribution in [0, 0.1) is 17.1 Å². The Hall–Kier alpha value is -3.47. The molecule has 3 aromatic rings. The number of rotatable bonds is 5. The number of pyridine rings is 2. The summed E-state index contributed by atoms with van der Waals surface area (Å²) in [7, 11) is 0. The van der Waals surface area contributed by atoms with Gasteiger partial charge in [0.1, 0.15) is 12.0 Å². The third-order valence-electron chi connectivity index (χ3n) is 4.91. The van der Waals surface area contributed by atoms with Gasteiger partial charge in [0.05, 0.1) is 23.0 Å². The second-order valence-electron chi connectivity index (χ2n) is 6.81. The van der Waals surface area contributed by atoms with Gasteiger partial charge in [0.2, 0.25) is 5.95 Å². The molecule has 4 rings (SSSR count). The molecule has 28 heavy (non-hydrogen) atoms. The van der Waals surface area contributed by atoms with Gasteiger partial charge in [0.15, 0.2) is 0 Å². The number of aromatic nitrogens is 4. The Labute approximate surface area is 160 Å². The molecule has 1 saturated carbocycles. The van der Waals surface area contributed by atoms with Crippen LogP contribution in [0.2, 0.25) is 0 Å². The van der Waals surface area contributed by atoms with Gasteiger partial charge in [-0.1, -0.05) is 0 Å². The van der Waals surface area contributed by atoms with Gasteiger partial charge in [-0.05, 0) is 37.1 Å². The van der Waals surface area contributed by atoms with Crippen LogP contribution in [-0.4, -0.2) is 32.7 Å². The predicted octanol–water partition coefficient (Wildman–Crippen LogP) is 3.43. The average Bonchev–Trinajstić information content (AvgIpc) is 2.71. The standard InChI is InChI=1S/C20H16F2N6/c21-15-7-20(8-15,18-16(22)2-1-4-25-18)12-28-19-26-10-14(11-27-19)17-6-13(9-23)3-5-24-17/h1-6,10-11,15H,7-8,12H2,(H,26,27,28). The van der Waals surface area contributed by atoms with Crippen molar-refractivity contribution in [3.8, 4) is 17.3 Å². The molecule has 0 radical (unpaired) electrons. The fraction of sp³-hybridized carbons (Fsp3) is 0.250. The highest BCUT2D eigenvalue weighted by atomic mass is 19.1. The number of hydrogen-bond acceptors (Lipinski definition) is 6. The van der Waals surface area contributed by atoms with E-state index in [0.29, 0.717) is 22.8 Å². The molecular formula is C20H16F2N6. The van der Waals surface area contributed by atoms with Gasteiger partial charge in [-0.25, -0.2) is 18.7 Å². The number of anilines is 1. The summed E-state index contributed by atoms with van der Waals surface area (Å²) in [5.41, 5.74) is 1.32. The van der Waals surface area contributed by atoms with E-state index < -0.39 is 17.4 Å². The van der Waals surface area contributed by atoms with E-state index in [1.165, 1.54) is 18.3 Å². The predicted molar refractivity (Wildman–Crippen MR) is 98.5 cm³/mol. The van der Waals surface area contributed by atoms with Crippen LogP contribution in [0.3, 0.4) is 0 Å². The van der Waals surface area contributed by atoms with Crippen LogP contribution < -0.4 is 5.32 Å². The van der Waals surface area contributed by atoms with E-state index in [1.807, 2.05) is 0 Å². The maximum absolute atomic E-state index is 14.2. The molecule has 1 aliphatic carbocycles. The van der Waals surface area contributed by atoms with E-state index in [9.17, 15) is 8.78 Å². The number of nitriles is 1. The molecule has 0 aliphatic heterocycles. The van der Waals surface area contributed by atoms with E-state index >= 15 is 0 Å². The van der Waals surface area contributed by atoms with Gasteiger partial charge in [0, 0.05) is 42.3 Å². The van der Waals surface area contributed by atoms with Crippen molar-refractivity contribution in [2.45, 2.75) is 24.4 Å². The lowest BCUT2D eigenvalue weighted by molar-refractivity contribution is 0.0963. The summed E-state index contributed by atoms with van der Waals surface area (Å²) in [6.07, 6.45) is 5.68. The molecule has 0 saturated heterocycles.